The summed E-state index contributed by atoms with van der Waals surface area (Å²) in [5.41, 5.74) is 9.42. The van der Waals surface area contributed by atoms with Crippen molar-refractivity contribution in [3.05, 3.63) is 137 Å². The van der Waals surface area contributed by atoms with Gasteiger partial charge in [-0.05, 0) is 71.3 Å². The first kappa shape index (κ1) is 39.9. The Labute approximate surface area is 318 Å². The molecule has 0 aliphatic carbocycles. The largest absolute Gasteiger partial charge is 0.508 e. The van der Waals surface area contributed by atoms with Crippen molar-refractivity contribution >= 4 is 44.1 Å². The van der Waals surface area contributed by atoms with Gasteiger partial charge in [-0.3, -0.25) is 14.5 Å². The van der Waals surface area contributed by atoms with Gasteiger partial charge in [0.05, 0.1) is 54.7 Å². The Morgan fingerprint density at radius 2 is 1.30 bits per heavy atom. The van der Waals surface area contributed by atoms with Gasteiger partial charge in [0.1, 0.15) is 34.2 Å². The van der Waals surface area contributed by atoms with E-state index in [9.17, 15) is 4.39 Å². The minimum absolute atomic E-state index is 0.0864. The first-order chi connectivity index (χ1) is 26.3. The van der Waals surface area contributed by atoms with Crippen molar-refractivity contribution in [2.24, 2.45) is 0 Å². The maximum absolute atomic E-state index is 13.6. The molecule has 4 heterocycles. The number of aromatic nitrogens is 7. The number of rotatable bonds is 9. The minimum Gasteiger partial charge on any atom is -0.508 e. The van der Waals surface area contributed by atoms with Gasteiger partial charge in [-0.25, -0.2) is 14.1 Å². The van der Waals surface area contributed by atoms with Crippen molar-refractivity contribution in [1.29, 1.82) is 0 Å². The number of nitrogens with zero attached hydrogens (tertiary/aromatic N) is 8. The molecule has 0 aliphatic rings. The standard InChI is InChI=1S/C12H10FN3O.C12H12N4O2.C10H10BrNO2.C3H4N2/c1-14-12-10(13)6-9(7-11(12)17-2)8-16-5-3-4-15-16;1-17-9-5-8(7-16-4-2-3-14-16)6-10-11(9)12(13)15-18-10;1-12-10-8(13-2)4-7(6-11)5-9(10)14-3;1-2-4-5-3-1/h3-7H,8H2,2H3;2-6H,7H2,1H3,(H2,13,15);4-5H,6H2,2-3H3;1-3H,(H,4,5). The lowest BCUT2D eigenvalue weighted by atomic mass is 10.1. The second-order valence-corrected chi connectivity index (χ2v) is 11.3. The fraction of sp³-hybridized carbons (Fsp3) is 0.189. The number of hydrogen-bond donors (Lipinski definition) is 2. The number of nitrogens with one attached hydrogen (secondary N) is 1. The molecule has 0 atom stereocenters. The minimum atomic E-state index is -0.568. The number of aromatic amines is 1. The van der Waals surface area contributed by atoms with Crippen molar-refractivity contribution < 1.29 is 27.9 Å². The number of nitrogens with two attached hydrogens (primary N) is 1. The number of hydrogen-bond acceptors (Lipinski definition) is 10. The number of anilines is 1. The lowest BCUT2D eigenvalue weighted by molar-refractivity contribution is 0.398. The highest BCUT2D eigenvalue weighted by Gasteiger charge is 2.14. The quantitative estimate of drug-likeness (QED) is 0.109. The van der Waals surface area contributed by atoms with Crippen LogP contribution in [0.2, 0.25) is 0 Å². The topological polar surface area (TPSA) is 162 Å². The van der Waals surface area contributed by atoms with Crippen LogP contribution < -0.4 is 24.7 Å². The number of halogens is 2. The molecule has 3 aromatic carbocycles. The van der Waals surface area contributed by atoms with Crippen LogP contribution in [0.25, 0.3) is 20.7 Å². The number of benzene rings is 3. The van der Waals surface area contributed by atoms with Crippen molar-refractivity contribution in [2.75, 3.05) is 34.2 Å². The Hall–Kier alpha value is -6.85. The van der Waals surface area contributed by atoms with E-state index in [0.29, 0.717) is 63.7 Å². The molecule has 7 aromatic rings. The predicted octanol–water partition coefficient (Wildman–Crippen LogP) is 7.85. The Morgan fingerprint density at radius 3 is 1.74 bits per heavy atom. The molecule has 7 rings (SSSR count). The fourth-order valence-corrected chi connectivity index (χ4v) is 5.18. The van der Waals surface area contributed by atoms with Gasteiger partial charge in [0.25, 0.3) is 11.4 Å². The molecule has 0 radical (unpaired) electrons. The molecule has 54 heavy (non-hydrogen) atoms. The van der Waals surface area contributed by atoms with Crippen LogP contribution in [0.15, 0.2) is 96.3 Å². The van der Waals surface area contributed by atoms with Crippen molar-refractivity contribution in [3.8, 4) is 23.0 Å². The zero-order chi connectivity index (χ0) is 38.9. The van der Waals surface area contributed by atoms with Gasteiger partial charge in [0.15, 0.2) is 11.4 Å². The van der Waals surface area contributed by atoms with E-state index in [1.165, 1.54) is 13.2 Å². The highest BCUT2D eigenvalue weighted by atomic mass is 79.9. The third-order valence-corrected chi connectivity index (χ3v) is 7.93. The summed E-state index contributed by atoms with van der Waals surface area (Å²) in [6.45, 7) is 15.0. The van der Waals surface area contributed by atoms with E-state index in [4.69, 9.17) is 42.3 Å². The molecule has 278 valence electrons. The average molecular weight is 800 g/mol. The van der Waals surface area contributed by atoms with Gasteiger partial charge >= 0.3 is 0 Å². The summed E-state index contributed by atoms with van der Waals surface area (Å²) in [7, 11) is 6.10. The molecular formula is C37H36BrFN10O5. The summed E-state index contributed by atoms with van der Waals surface area (Å²) in [6.07, 6.45) is 10.5. The molecule has 0 saturated carbocycles. The molecule has 15 nitrogen and oxygen atoms in total. The summed E-state index contributed by atoms with van der Waals surface area (Å²) in [6, 6.07) is 15.9. The smallest absolute Gasteiger partial charge is 0.268 e. The zero-order valence-corrected chi connectivity index (χ0v) is 31.3. The van der Waals surface area contributed by atoms with Crippen LogP contribution in [0.5, 0.6) is 23.0 Å². The van der Waals surface area contributed by atoms with Crippen LogP contribution in [0.3, 0.4) is 0 Å². The average Bonchev–Trinajstić information content (AvgIpc) is 4.05. The van der Waals surface area contributed by atoms with Crippen LogP contribution in [0, 0.1) is 19.0 Å². The number of alkyl halides is 1. The maximum atomic E-state index is 13.6. The van der Waals surface area contributed by atoms with E-state index in [-0.39, 0.29) is 11.4 Å². The number of ether oxygens (including phenoxy) is 4. The van der Waals surface area contributed by atoms with Gasteiger partial charge in [-0.2, -0.15) is 15.3 Å². The number of nitrogen functional groups attached to an aromatic ring is 1. The molecule has 0 spiro atoms. The Balaban J connectivity index is 0.000000170. The van der Waals surface area contributed by atoms with E-state index in [1.807, 2.05) is 47.3 Å². The summed E-state index contributed by atoms with van der Waals surface area (Å²) in [4.78, 5) is 6.48. The first-order valence-electron chi connectivity index (χ1n) is 15.8. The molecule has 0 saturated heterocycles. The SMILES string of the molecule is COc1cc(Cn2cccn2)cc2onc(N)c12.[C-]#[N+]c1c(F)cc(Cn2cccn2)cc1OC.[C-]#[N+]c1c(OC)cc(CBr)cc1OC.c1cn[nH]c1. The van der Waals surface area contributed by atoms with Crippen LogP contribution in [0.1, 0.15) is 16.7 Å². The number of methoxy groups -OCH3 is 4. The monoisotopic (exact) mass is 798 g/mol. The normalized spacial score (nSPS) is 9.93. The summed E-state index contributed by atoms with van der Waals surface area (Å²) < 4.78 is 42.8. The number of fused-ring (bicyclic) bond motifs is 1. The maximum Gasteiger partial charge on any atom is 0.268 e. The van der Waals surface area contributed by atoms with Crippen molar-refractivity contribution in [2.45, 2.75) is 18.4 Å². The molecule has 0 fully saturated rings. The summed E-state index contributed by atoms with van der Waals surface area (Å²) in [5, 5.41) is 19.6. The first-order valence-corrected chi connectivity index (χ1v) is 16.9. The van der Waals surface area contributed by atoms with Crippen LogP contribution in [0.4, 0.5) is 21.6 Å². The van der Waals surface area contributed by atoms with Gasteiger partial charge in [0, 0.05) is 42.5 Å². The molecule has 0 aliphatic heterocycles. The second-order valence-electron chi connectivity index (χ2n) is 10.7. The molecule has 0 bridgehead atoms. The van der Waals surface area contributed by atoms with E-state index in [0.717, 1.165) is 11.1 Å². The van der Waals surface area contributed by atoms with Gasteiger partial charge in [-0.1, -0.05) is 21.1 Å². The van der Waals surface area contributed by atoms with Crippen molar-refractivity contribution in [1.82, 2.24) is 34.9 Å². The van der Waals surface area contributed by atoms with E-state index in [1.54, 1.807) is 69.1 Å². The van der Waals surface area contributed by atoms with Gasteiger partial charge in [0.2, 0.25) is 0 Å². The predicted molar refractivity (Wildman–Crippen MR) is 204 cm³/mol. The van der Waals surface area contributed by atoms with E-state index < -0.39 is 5.82 Å². The summed E-state index contributed by atoms with van der Waals surface area (Å²) >= 11 is 3.34. The van der Waals surface area contributed by atoms with Crippen molar-refractivity contribution in [3.63, 3.8) is 0 Å². The third kappa shape index (κ3) is 10.6. The molecular weight excluding hydrogens is 763 g/mol. The molecule has 4 aromatic heterocycles. The Morgan fingerprint density at radius 1 is 0.759 bits per heavy atom. The van der Waals surface area contributed by atoms with Gasteiger partial charge < -0.3 is 29.2 Å². The Bertz CT molecular complexity index is 2240. The highest BCUT2D eigenvalue weighted by molar-refractivity contribution is 9.08. The molecule has 0 amide bonds. The highest BCUT2D eigenvalue weighted by Crippen LogP contribution is 2.39. The third-order valence-electron chi connectivity index (χ3n) is 7.28. The molecule has 3 N–H and O–H groups in total. The Kier molecular flexibility index (Phi) is 15.0. The summed E-state index contributed by atoms with van der Waals surface area (Å²) in [5.74, 6) is 1.78. The molecule has 17 heteroatoms. The van der Waals surface area contributed by atoms with Gasteiger partial charge in [-0.15, -0.1) is 0 Å². The van der Waals surface area contributed by atoms with E-state index >= 15 is 0 Å². The van der Waals surface area contributed by atoms with Crippen LogP contribution in [-0.4, -0.2) is 63.4 Å². The second kappa shape index (κ2) is 20.3. The lowest BCUT2D eigenvalue weighted by Gasteiger charge is -2.09. The fourth-order valence-electron chi connectivity index (χ4n) is 4.86. The van der Waals surface area contributed by atoms with Crippen LogP contribution in [-0.2, 0) is 18.4 Å². The lowest BCUT2D eigenvalue weighted by Crippen LogP contribution is -2.01. The van der Waals surface area contributed by atoms with E-state index in [2.05, 4.69) is 51.2 Å². The zero-order valence-electron chi connectivity index (χ0n) is 29.7. The molecule has 0 unspecified atom stereocenters. The van der Waals surface area contributed by atoms with Crippen LogP contribution >= 0.6 is 15.9 Å². The number of H-pyrrole nitrogens is 1.